The van der Waals surface area contributed by atoms with Crippen molar-refractivity contribution in [1.29, 1.82) is 0 Å². The number of imide groups is 1. The van der Waals surface area contributed by atoms with Crippen LogP contribution in [0.2, 0.25) is 0 Å². The molecule has 5 rings (SSSR count). The first-order valence-corrected chi connectivity index (χ1v) is 13.1. The summed E-state index contributed by atoms with van der Waals surface area (Å²) >= 11 is 7.37. The molecule has 1 saturated heterocycles. The molecule has 3 aliphatic rings. The Kier molecular flexibility index (Phi) is 6.01. The SMILES string of the molecule is Cc1ccc(C(=O)COC(=O)c2ccccc2N2C(=O)[C@@H]3[C@H]4C[C@@H]([C@@H](Br)[C@H]4Br)[C@H]3C2=O)cc1C. The van der Waals surface area contributed by atoms with Gasteiger partial charge in [0, 0.05) is 15.2 Å². The lowest BCUT2D eigenvalue weighted by atomic mass is 9.81. The number of carbonyl (C=O) groups is 4. The van der Waals surface area contributed by atoms with Crippen LogP contribution >= 0.6 is 31.9 Å². The quantitative estimate of drug-likeness (QED) is 0.220. The number of esters is 1. The average Bonchev–Trinajstić information content (AvgIpc) is 3.43. The predicted octanol–water partition coefficient (Wildman–Crippen LogP) is 4.63. The second kappa shape index (κ2) is 8.72. The molecule has 1 aliphatic heterocycles. The zero-order valence-electron chi connectivity index (χ0n) is 18.7. The summed E-state index contributed by atoms with van der Waals surface area (Å²) in [6.45, 7) is 3.44. The maximum atomic E-state index is 13.4. The Balaban J connectivity index is 1.36. The highest BCUT2D eigenvalue weighted by Crippen LogP contribution is 2.60. The first kappa shape index (κ1) is 23.4. The van der Waals surface area contributed by atoms with Crippen molar-refractivity contribution in [2.75, 3.05) is 11.5 Å². The second-order valence-corrected chi connectivity index (χ2v) is 11.4. The lowest BCUT2D eigenvalue weighted by molar-refractivity contribution is -0.123. The third kappa shape index (κ3) is 3.57. The number of ether oxygens (including phenoxy) is 1. The van der Waals surface area contributed by atoms with Gasteiger partial charge in [-0.25, -0.2) is 9.69 Å². The third-order valence-corrected chi connectivity index (χ3v) is 10.7. The highest BCUT2D eigenvalue weighted by molar-refractivity contribution is 9.12. The van der Waals surface area contributed by atoms with Crippen molar-refractivity contribution in [2.24, 2.45) is 23.7 Å². The van der Waals surface area contributed by atoms with Crippen molar-refractivity contribution >= 4 is 61.1 Å². The predicted molar refractivity (Wildman–Crippen MR) is 133 cm³/mol. The fourth-order valence-electron chi connectivity index (χ4n) is 5.63. The van der Waals surface area contributed by atoms with Gasteiger partial charge in [0.05, 0.1) is 23.1 Å². The number of halogens is 2. The molecular formula is C26H23Br2NO5. The number of ketones is 1. The van der Waals surface area contributed by atoms with E-state index in [1.165, 1.54) is 6.07 Å². The maximum Gasteiger partial charge on any atom is 0.340 e. The van der Waals surface area contributed by atoms with Crippen molar-refractivity contribution in [1.82, 2.24) is 0 Å². The molecule has 2 aliphatic carbocycles. The van der Waals surface area contributed by atoms with Gasteiger partial charge in [0.25, 0.3) is 0 Å². The number of nitrogens with zero attached hydrogens (tertiary/aromatic N) is 1. The van der Waals surface area contributed by atoms with Crippen molar-refractivity contribution in [3.63, 3.8) is 0 Å². The molecule has 0 aromatic heterocycles. The van der Waals surface area contributed by atoms with Crippen molar-refractivity contribution in [2.45, 2.75) is 29.9 Å². The molecule has 2 aromatic rings. The van der Waals surface area contributed by atoms with Gasteiger partial charge in [-0.2, -0.15) is 0 Å². The average molecular weight is 589 g/mol. The van der Waals surface area contributed by atoms with E-state index in [9.17, 15) is 19.2 Å². The van der Waals surface area contributed by atoms with Gasteiger partial charge < -0.3 is 4.74 Å². The van der Waals surface area contributed by atoms with E-state index in [0.29, 0.717) is 5.56 Å². The minimum absolute atomic E-state index is 0.0792. The van der Waals surface area contributed by atoms with Gasteiger partial charge in [-0.15, -0.1) is 0 Å². The number of hydrogen-bond acceptors (Lipinski definition) is 5. The lowest BCUT2D eigenvalue weighted by Crippen LogP contribution is -2.37. The summed E-state index contributed by atoms with van der Waals surface area (Å²) in [7, 11) is 0. The first-order chi connectivity index (χ1) is 16.2. The maximum absolute atomic E-state index is 13.4. The molecule has 2 amide bonds. The summed E-state index contributed by atoms with van der Waals surface area (Å²) in [6.07, 6.45) is 0.830. The molecule has 34 heavy (non-hydrogen) atoms. The van der Waals surface area contributed by atoms with Gasteiger partial charge in [-0.3, -0.25) is 14.4 Å². The van der Waals surface area contributed by atoms with E-state index < -0.39 is 12.6 Å². The first-order valence-electron chi connectivity index (χ1n) is 11.2. The van der Waals surface area contributed by atoms with Crippen molar-refractivity contribution < 1.29 is 23.9 Å². The highest BCUT2D eigenvalue weighted by Gasteiger charge is 2.66. The van der Waals surface area contributed by atoms with E-state index in [-0.39, 0.29) is 62.2 Å². The van der Waals surface area contributed by atoms with E-state index >= 15 is 0 Å². The normalized spacial score (nSPS) is 29.5. The van der Waals surface area contributed by atoms with Gasteiger partial charge in [0.2, 0.25) is 11.8 Å². The van der Waals surface area contributed by atoms with E-state index in [0.717, 1.165) is 22.4 Å². The van der Waals surface area contributed by atoms with Crippen LogP contribution in [0, 0.1) is 37.5 Å². The van der Waals surface area contributed by atoms with Crippen molar-refractivity contribution in [3.8, 4) is 0 Å². The van der Waals surface area contributed by atoms with Crippen LogP contribution in [0.25, 0.3) is 0 Å². The molecule has 8 heteroatoms. The number of anilines is 1. The molecule has 6 atom stereocenters. The fourth-order valence-corrected chi connectivity index (χ4v) is 7.51. The Bertz CT molecular complexity index is 1200. The largest absolute Gasteiger partial charge is 0.454 e. The van der Waals surface area contributed by atoms with E-state index in [1.807, 2.05) is 19.9 Å². The number of hydrogen-bond donors (Lipinski definition) is 0. The number of carbonyl (C=O) groups excluding carboxylic acids is 4. The van der Waals surface area contributed by atoms with Gasteiger partial charge in [-0.1, -0.05) is 56.1 Å². The van der Waals surface area contributed by atoms with Crippen LogP contribution in [0.4, 0.5) is 5.69 Å². The minimum Gasteiger partial charge on any atom is -0.454 e. The number of amides is 2. The number of benzene rings is 2. The number of fused-ring (bicyclic) bond motifs is 5. The molecule has 3 fully saturated rings. The summed E-state index contributed by atoms with van der Waals surface area (Å²) in [5.41, 5.74) is 2.82. The number of Topliss-reactive ketones (excluding diaryl/α,β-unsaturated/α-hetero) is 1. The molecule has 2 bridgehead atoms. The summed E-state index contributed by atoms with van der Waals surface area (Å²) < 4.78 is 5.32. The Morgan fingerprint density at radius 3 is 2.18 bits per heavy atom. The van der Waals surface area contributed by atoms with E-state index in [2.05, 4.69) is 31.9 Å². The van der Waals surface area contributed by atoms with Gasteiger partial charge in [0.1, 0.15) is 0 Å². The molecule has 0 radical (unpaired) electrons. The van der Waals surface area contributed by atoms with E-state index in [1.54, 1.807) is 30.3 Å². The standard InChI is InChI=1S/C26H23Br2NO5/c1-12-7-8-14(9-13(12)2)19(30)11-34-26(33)15-5-3-4-6-18(15)29-24(31)20-16-10-17(21(20)25(29)32)23(28)22(16)27/h3-9,16-17,20-23H,10-11H2,1-2H3/t16-,17-,20-,21-,22-,23+/m1/s1. The van der Waals surface area contributed by atoms with Crippen LogP contribution in [0.5, 0.6) is 0 Å². The molecule has 176 valence electrons. The Morgan fingerprint density at radius 2 is 1.56 bits per heavy atom. The Hall–Kier alpha value is -2.32. The Labute approximate surface area is 214 Å². The summed E-state index contributed by atoms with van der Waals surface area (Å²) in [5, 5.41) is 0. The Morgan fingerprint density at radius 1 is 0.941 bits per heavy atom. The van der Waals surface area contributed by atoms with Gasteiger partial charge in [0.15, 0.2) is 12.4 Å². The van der Waals surface area contributed by atoms with Crippen LogP contribution in [-0.2, 0) is 14.3 Å². The summed E-state index contributed by atoms with van der Waals surface area (Å²) in [5.74, 6) is -2.20. The molecule has 0 N–H and O–H groups in total. The zero-order valence-corrected chi connectivity index (χ0v) is 21.8. The third-order valence-electron chi connectivity index (χ3n) is 7.52. The van der Waals surface area contributed by atoms with Crippen LogP contribution in [-0.4, -0.2) is 39.8 Å². The van der Waals surface area contributed by atoms with Crippen LogP contribution < -0.4 is 4.90 Å². The molecular weight excluding hydrogens is 566 g/mol. The molecule has 6 nitrogen and oxygen atoms in total. The smallest absolute Gasteiger partial charge is 0.340 e. The van der Waals surface area contributed by atoms with Crippen molar-refractivity contribution in [3.05, 3.63) is 64.7 Å². The monoisotopic (exact) mass is 587 g/mol. The number of para-hydroxylation sites is 1. The molecule has 0 spiro atoms. The molecule has 2 saturated carbocycles. The summed E-state index contributed by atoms with van der Waals surface area (Å²) in [6, 6.07) is 11.7. The fraction of sp³-hybridized carbons (Fsp3) is 0.385. The minimum atomic E-state index is -0.745. The van der Waals surface area contributed by atoms with Crippen LogP contribution in [0.3, 0.4) is 0 Å². The summed E-state index contributed by atoms with van der Waals surface area (Å²) in [4.78, 5) is 53.7. The number of rotatable bonds is 5. The van der Waals surface area contributed by atoms with Crippen LogP contribution in [0.1, 0.15) is 38.3 Å². The number of alkyl halides is 2. The molecule has 1 heterocycles. The molecule has 2 aromatic carbocycles. The van der Waals surface area contributed by atoms with Gasteiger partial charge in [-0.05, 0) is 61.4 Å². The van der Waals surface area contributed by atoms with Crippen LogP contribution in [0.15, 0.2) is 42.5 Å². The van der Waals surface area contributed by atoms with Gasteiger partial charge >= 0.3 is 5.97 Å². The second-order valence-electron chi connectivity index (χ2n) is 9.33. The molecule has 0 unspecified atom stereocenters. The lowest BCUT2D eigenvalue weighted by Gasteiger charge is -2.28. The number of aryl methyl sites for hydroxylation is 2. The zero-order chi connectivity index (χ0) is 24.3. The topological polar surface area (TPSA) is 80.8 Å². The van der Waals surface area contributed by atoms with E-state index in [4.69, 9.17) is 4.74 Å². The highest BCUT2D eigenvalue weighted by atomic mass is 79.9.